The van der Waals surface area contributed by atoms with Crippen LogP contribution in [0.2, 0.25) is 0 Å². The third-order valence-electron chi connectivity index (χ3n) is 5.11. The Labute approximate surface area is 195 Å². The van der Waals surface area contributed by atoms with Crippen LogP contribution in [0.3, 0.4) is 0 Å². The number of amides is 1. The number of aromatic nitrogens is 2. The fraction of sp³-hybridized carbons (Fsp3) is 0.217. The SMILES string of the molecule is CCC(C(=O)Nc1nc2ccc(CC(=O)c3cscn3)cc2s1)c1cccc(C(F)(F)F)c1. The summed E-state index contributed by atoms with van der Waals surface area (Å²) in [6, 6.07) is 10.2. The summed E-state index contributed by atoms with van der Waals surface area (Å²) in [5.74, 6) is -1.25. The molecule has 0 saturated carbocycles. The first-order valence-corrected chi connectivity index (χ1v) is 11.8. The minimum absolute atomic E-state index is 0.0829. The van der Waals surface area contributed by atoms with Crippen LogP contribution in [0.1, 0.15) is 46.4 Å². The maximum absolute atomic E-state index is 13.1. The fourth-order valence-electron chi connectivity index (χ4n) is 3.46. The molecule has 0 bridgehead atoms. The summed E-state index contributed by atoms with van der Waals surface area (Å²) in [5, 5.41) is 4.79. The zero-order valence-corrected chi connectivity index (χ0v) is 19.0. The zero-order chi connectivity index (χ0) is 23.6. The van der Waals surface area contributed by atoms with Crippen molar-refractivity contribution in [2.75, 3.05) is 5.32 Å². The molecule has 1 N–H and O–H groups in total. The number of carbonyl (C=O) groups excluding carboxylic acids is 2. The highest BCUT2D eigenvalue weighted by atomic mass is 32.1. The van der Waals surface area contributed by atoms with Crippen molar-refractivity contribution in [2.45, 2.75) is 31.9 Å². The van der Waals surface area contributed by atoms with E-state index in [1.165, 1.54) is 34.8 Å². The third kappa shape index (κ3) is 5.28. The van der Waals surface area contributed by atoms with Gasteiger partial charge in [0.1, 0.15) is 5.69 Å². The largest absolute Gasteiger partial charge is 0.416 e. The summed E-state index contributed by atoms with van der Waals surface area (Å²) in [6.07, 6.45) is -3.94. The van der Waals surface area contributed by atoms with Crippen LogP contribution in [0.4, 0.5) is 18.3 Å². The van der Waals surface area contributed by atoms with Gasteiger partial charge in [0.25, 0.3) is 0 Å². The Morgan fingerprint density at radius 3 is 2.67 bits per heavy atom. The third-order valence-corrected chi connectivity index (χ3v) is 6.63. The molecule has 4 rings (SSSR count). The fourth-order valence-corrected chi connectivity index (χ4v) is 4.94. The van der Waals surface area contributed by atoms with Gasteiger partial charge >= 0.3 is 6.18 Å². The monoisotopic (exact) mass is 489 g/mol. The zero-order valence-electron chi connectivity index (χ0n) is 17.3. The number of ketones is 1. The van der Waals surface area contributed by atoms with Gasteiger partial charge in [-0.2, -0.15) is 13.2 Å². The number of halogens is 3. The van der Waals surface area contributed by atoms with Crippen LogP contribution in [0, 0.1) is 0 Å². The van der Waals surface area contributed by atoms with Gasteiger partial charge in [-0.25, -0.2) is 9.97 Å². The first kappa shape index (κ1) is 23.1. The highest BCUT2D eigenvalue weighted by Gasteiger charge is 2.31. The quantitative estimate of drug-likeness (QED) is 0.308. The van der Waals surface area contributed by atoms with E-state index in [1.807, 2.05) is 6.07 Å². The average molecular weight is 490 g/mol. The number of thiazole rings is 2. The van der Waals surface area contributed by atoms with Crippen LogP contribution in [0.25, 0.3) is 10.2 Å². The smallest absolute Gasteiger partial charge is 0.301 e. The molecule has 0 fully saturated rings. The maximum atomic E-state index is 13.1. The van der Waals surface area contributed by atoms with Crippen LogP contribution in [-0.2, 0) is 17.4 Å². The number of carbonyl (C=O) groups is 2. The van der Waals surface area contributed by atoms with Crippen molar-refractivity contribution in [3.8, 4) is 0 Å². The number of hydrogen-bond acceptors (Lipinski definition) is 6. The van der Waals surface area contributed by atoms with Crippen LogP contribution >= 0.6 is 22.7 Å². The summed E-state index contributed by atoms with van der Waals surface area (Å²) in [4.78, 5) is 33.6. The second kappa shape index (κ2) is 9.40. The van der Waals surface area contributed by atoms with Crippen molar-refractivity contribution in [2.24, 2.45) is 0 Å². The lowest BCUT2D eigenvalue weighted by atomic mass is 9.94. The molecule has 170 valence electrons. The Morgan fingerprint density at radius 1 is 1.15 bits per heavy atom. The highest BCUT2D eigenvalue weighted by molar-refractivity contribution is 7.22. The standard InChI is InChI=1S/C23H18F3N3O2S2/c1-2-16(14-4-3-5-15(10-14)23(24,25)26)21(31)29-22-28-17-7-6-13(9-20(17)33-22)8-19(30)18-11-32-12-27-18/h3-7,9-12,16H,2,8H2,1H3,(H,28,29,31). The van der Waals surface area contributed by atoms with Gasteiger partial charge < -0.3 is 5.32 Å². The molecule has 2 heterocycles. The number of nitrogens with one attached hydrogen (secondary N) is 1. The lowest BCUT2D eigenvalue weighted by Gasteiger charge is -2.16. The Kier molecular flexibility index (Phi) is 6.57. The molecule has 0 aliphatic rings. The molecule has 2 aromatic carbocycles. The maximum Gasteiger partial charge on any atom is 0.416 e. The van der Waals surface area contributed by atoms with Crippen LogP contribution in [0.5, 0.6) is 0 Å². The van der Waals surface area contributed by atoms with Crippen LogP contribution in [-0.4, -0.2) is 21.7 Å². The molecule has 0 saturated heterocycles. The van der Waals surface area contributed by atoms with E-state index in [-0.39, 0.29) is 12.2 Å². The van der Waals surface area contributed by atoms with Gasteiger partial charge in [0.2, 0.25) is 5.91 Å². The summed E-state index contributed by atoms with van der Waals surface area (Å²) < 4.78 is 40.0. The number of fused-ring (bicyclic) bond motifs is 1. The minimum atomic E-state index is -4.48. The van der Waals surface area contributed by atoms with Gasteiger partial charge in [0.05, 0.1) is 27.2 Å². The summed E-state index contributed by atoms with van der Waals surface area (Å²) >= 11 is 2.61. The van der Waals surface area contributed by atoms with E-state index < -0.39 is 23.6 Å². The molecule has 2 aromatic heterocycles. The molecule has 10 heteroatoms. The van der Waals surface area contributed by atoms with E-state index in [4.69, 9.17) is 0 Å². The van der Waals surface area contributed by atoms with Crippen LogP contribution < -0.4 is 5.32 Å². The first-order chi connectivity index (χ1) is 15.7. The normalized spacial score (nSPS) is 12.6. The molecule has 1 atom stereocenters. The van der Waals surface area contributed by atoms with E-state index >= 15 is 0 Å². The van der Waals surface area contributed by atoms with E-state index in [2.05, 4.69) is 15.3 Å². The molecule has 1 unspecified atom stereocenters. The van der Waals surface area contributed by atoms with Gasteiger partial charge in [-0.05, 0) is 35.7 Å². The van der Waals surface area contributed by atoms with Crippen molar-refractivity contribution < 1.29 is 22.8 Å². The van der Waals surface area contributed by atoms with Gasteiger partial charge in [0, 0.05) is 11.8 Å². The van der Waals surface area contributed by atoms with Gasteiger partial charge in [0.15, 0.2) is 10.9 Å². The molecule has 33 heavy (non-hydrogen) atoms. The molecule has 0 spiro atoms. The first-order valence-electron chi connectivity index (χ1n) is 10.0. The molecular formula is C23H18F3N3O2S2. The van der Waals surface area contributed by atoms with E-state index in [0.29, 0.717) is 28.3 Å². The number of rotatable bonds is 7. The van der Waals surface area contributed by atoms with Crippen molar-refractivity contribution in [3.63, 3.8) is 0 Å². The van der Waals surface area contributed by atoms with E-state index in [1.54, 1.807) is 29.9 Å². The summed E-state index contributed by atoms with van der Waals surface area (Å²) in [7, 11) is 0. The van der Waals surface area contributed by atoms with Crippen LogP contribution in [0.15, 0.2) is 53.4 Å². The van der Waals surface area contributed by atoms with Crippen molar-refractivity contribution in [3.05, 3.63) is 75.7 Å². The second-order valence-electron chi connectivity index (χ2n) is 7.37. The number of Topliss-reactive ketones (excluding diaryl/α,β-unsaturated/α-hetero) is 1. The molecule has 0 aliphatic heterocycles. The number of nitrogens with zero attached hydrogens (tertiary/aromatic N) is 2. The predicted octanol–water partition coefficient (Wildman–Crippen LogP) is 6.33. The van der Waals surface area contributed by atoms with Gasteiger partial charge in [-0.15, -0.1) is 11.3 Å². The van der Waals surface area contributed by atoms with Gasteiger partial charge in [-0.3, -0.25) is 9.59 Å². The van der Waals surface area contributed by atoms with E-state index in [0.717, 1.165) is 22.4 Å². The van der Waals surface area contributed by atoms with Crippen molar-refractivity contribution in [1.29, 1.82) is 0 Å². The van der Waals surface area contributed by atoms with Crippen molar-refractivity contribution in [1.82, 2.24) is 9.97 Å². The molecule has 0 radical (unpaired) electrons. The summed E-state index contributed by atoms with van der Waals surface area (Å²) in [5.41, 5.74) is 3.01. The Morgan fingerprint density at radius 2 is 1.97 bits per heavy atom. The number of benzene rings is 2. The second-order valence-corrected chi connectivity index (χ2v) is 9.12. The minimum Gasteiger partial charge on any atom is -0.301 e. The van der Waals surface area contributed by atoms with Gasteiger partial charge in [-0.1, -0.05) is 42.5 Å². The lowest BCUT2D eigenvalue weighted by molar-refractivity contribution is -0.137. The average Bonchev–Trinajstić information content (AvgIpc) is 3.43. The highest BCUT2D eigenvalue weighted by Crippen LogP contribution is 2.33. The molecule has 5 nitrogen and oxygen atoms in total. The Bertz CT molecular complexity index is 1300. The Balaban J connectivity index is 1.51. The number of anilines is 1. The number of hydrogen-bond donors (Lipinski definition) is 1. The van der Waals surface area contributed by atoms with Crippen molar-refractivity contribution >= 4 is 49.7 Å². The topological polar surface area (TPSA) is 72.0 Å². The Hall–Kier alpha value is -3.11. The van der Waals surface area contributed by atoms with E-state index in [9.17, 15) is 22.8 Å². The predicted molar refractivity (Wildman–Crippen MR) is 123 cm³/mol. The molecule has 4 aromatic rings. The summed E-state index contributed by atoms with van der Waals surface area (Å²) in [6.45, 7) is 1.74. The molecular weight excluding hydrogens is 471 g/mol. The number of alkyl halides is 3. The lowest BCUT2D eigenvalue weighted by Crippen LogP contribution is -2.21. The molecule has 0 aliphatic carbocycles. The molecule has 1 amide bonds.